The third-order valence-corrected chi connectivity index (χ3v) is 4.62. The van der Waals surface area contributed by atoms with Crippen LogP contribution in [0.5, 0.6) is 0 Å². The van der Waals surface area contributed by atoms with Crippen molar-refractivity contribution in [3.05, 3.63) is 32.3 Å². The smallest absolute Gasteiger partial charge is 0.272 e. The Morgan fingerprint density at radius 3 is 2.57 bits per heavy atom. The molecule has 0 radical (unpaired) electrons. The van der Waals surface area contributed by atoms with Gasteiger partial charge in [0.1, 0.15) is 0 Å². The van der Waals surface area contributed by atoms with Crippen LogP contribution in [0.15, 0.2) is 12.1 Å². The normalized spacial score (nSPS) is 25.6. The molecule has 2 unspecified atom stereocenters. The van der Waals surface area contributed by atoms with E-state index in [0.29, 0.717) is 11.6 Å². The van der Waals surface area contributed by atoms with Gasteiger partial charge in [-0.25, -0.2) is 0 Å². The number of aliphatic hydroxyl groups is 1. The quantitative estimate of drug-likeness (QED) is 0.638. The Morgan fingerprint density at radius 1 is 1.48 bits per heavy atom. The van der Waals surface area contributed by atoms with Gasteiger partial charge < -0.3 is 10.4 Å². The number of nitrogens with one attached hydrogen (secondary N) is 1. The van der Waals surface area contributed by atoms with Crippen molar-refractivity contribution in [1.29, 1.82) is 0 Å². The fourth-order valence-corrected chi connectivity index (χ4v) is 3.58. The highest BCUT2D eigenvalue weighted by Crippen LogP contribution is 2.40. The zero-order valence-electron chi connectivity index (χ0n) is 11.7. The molecule has 0 bridgehead atoms. The lowest BCUT2D eigenvalue weighted by Gasteiger charge is -2.40. The minimum Gasteiger partial charge on any atom is -0.394 e. The van der Waals surface area contributed by atoms with Gasteiger partial charge in [-0.05, 0) is 18.8 Å². The molecule has 0 spiro atoms. The number of hydrogen-bond donors (Lipinski definition) is 2. The van der Waals surface area contributed by atoms with Crippen molar-refractivity contribution in [1.82, 2.24) is 0 Å². The molecule has 1 aromatic rings. The van der Waals surface area contributed by atoms with Gasteiger partial charge in [-0.15, -0.1) is 0 Å². The molecular formula is C14H18Cl2N2O3. The highest BCUT2D eigenvalue weighted by molar-refractivity contribution is 6.39. The van der Waals surface area contributed by atoms with Crippen LogP contribution in [0.25, 0.3) is 0 Å². The number of non-ortho nitro benzene ring substituents is 1. The maximum absolute atomic E-state index is 10.8. The summed E-state index contributed by atoms with van der Waals surface area (Å²) < 4.78 is 0. The van der Waals surface area contributed by atoms with E-state index < -0.39 is 10.5 Å². The van der Waals surface area contributed by atoms with Crippen molar-refractivity contribution in [2.75, 3.05) is 11.9 Å². The lowest BCUT2D eigenvalue weighted by Crippen LogP contribution is -2.46. The van der Waals surface area contributed by atoms with Crippen LogP contribution in [-0.2, 0) is 0 Å². The molecule has 2 N–H and O–H groups in total. The van der Waals surface area contributed by atoms with Crippen LogP contribution in [0, 0.1) is 16.0 Å². The number of rotatable bonds is 4. The molecule has 2 atom stereocenters. The summed E-state index contributed by atoms with van der Waals surface area (Å²) in [4.78, 5) is 10.3. The van der Waals surface area contributed by atoms with Crippen LogP contribution in [-0.4, -0.2) is 22.2 Å². The molecule has 0 amide bonds. The first-order valence-electron chi connectivity index (χ1n) is 6.89. The number of aliphatic hydroxyl groups excluding tert-OH is 1. The largest absolute Gasteiger partial charge is 0.394 e. The van der Waals surface area contributed by atoms with E-state index in [-0.39, 0.29) is 22.3 Å². The molecule has 1 fully saturated rings. The van der Waals surface area contributed by atoms with Crippen molar-refractivity contribution in [3.63, 3.8) is 0 Å². The zero-order chi connectivity index (χ0) is 15.6. The van der Waals surface area contributed by atoms with E-state index in [2.05, 4.69) is 12.2 Å². The maximum atomic E-state index is 10.8. The molecule has 0 aliphatic heterocycles. The summed E-state index contributed by atoms with van der Waals surface area (Å²) in [5, 5.41) is 24.2. The first-order chi connectivity index (χ1) is 9.87. The van der Waals surface area contributed by atoms with Crippen LogP contribution in [0.1, 0.15) is 32.6 Å². The molecule has 2 rings (SSSR count). The Kier molecular flexibility index (Phi) is 4.96. The lowest BCUT2D eigenvalue weighted by atomic mass is 9.76. The third kappa shape index (κ3) is 3.59. The second-order valence-corrected chi connectivity index (χ2v) is 6.62. The van der Waals surface area contributed by atoms with E-state index >= 15 is 0 Å². The molecular weight excluding hydrogens is 315 g/mol. The molecule has 1 aromatic carbocycles. The summed E-state index contributed by atoms with van der Waals surface area (Å²) in [5.41, 5.74) is -0.168. The molecule has 7 heteroatoms. The van der Waals surface area contributed by atoms with Gasteiger partial charge in [-0.2, -0.15) is 0 Å². The van der Waals surface area contributed by atoms with E-state index in [1.807, 2.05) is 0 Å². The third-order valence-electron chi connectivity index (χ3n) is 4.02. The average molecular weight is 333 g/mol. The van der Waals surface area contributed by atoms with E-state index in [4.69, 9.17) is 23.2 Å². The minimum atomic E-state index is -0.536. The highest BCUT2D eigenvalue weighted by Gasteiger charge is 2.35. The van der Waals surface area contributed by atoms with Crippen LogP contribution < -0.4 is 5.32 Å². The summed E-state index contributed by atoms with van der Waals surface area (Å²) in [7, 11) is 0. The number of halogens is 2. The molecule has 116 valence electrons. The summed E-state index contributed by atoms with van der Waals surface area (Å²) >= 11 is 12.2. The number of nitro benzene ring substituents is 1. The van der Waals surface area contributed by atoms with Gasteiger partial charge in [0.15, 0.2) is 0 Å². The van der Waals surface area contributed by atoms with Crippen molar-refractivity contribution < 1.29 is 10.0 Å². The lowest BCUT2D eigenvalue weighted by molar-refractivity contribution is -0.384. The molecule has 5 nitrogen and oxygen atoms in total. The molecule has 21 heavy (non-hydrogen) atoms. The van der Waals surface area contributed by atoms with Crippen LogP contribution in [0.3, 0.4) is 0 Å². The highest BCUT2D eigenvalue weighted by atomic mass is 35.5. The van der Waals surface area contributed by atoms with Gasteiger partial charge in [-0.1, -0.05) is 43.0 Å². The predicted octanol–water partition coefficient (Wildman–Crippen LogP) is 4.25. The first-order valence-corrected chi connectivity index (χ1v) is 7.65. The Labute approximate surface area is 133 Å². The van der Waals surface area contributed by atoms with Crippen molar-refractivity contribution >= 4 is 34.6 Å². The number of benzene rings is 1. The number of anilines is 1. The summed E-state index contributed by atoms with van der Waals surface area (Å²) in [6.45, 7) is 2.12. The molecule has 1 aliphatic rings. The number of nitro groups is 1. The van der Waals surface area contributed by atoms with E-state index in [1.54, 1.807) is 0 Å². The monoisotopic (exact) mass is 332 g/mol. The predicted molar refractivity (Wildman–Crippen MR) is 84.2 cm³/mol. The topological polar surface area (TPSA) is 75.4 Å². The summed E-state index contributed by atoms with van der Waals surface area (Å²) in [6.07, 6.45) is 3.77. The van der Waals surface area contributed by atoms with Gasteiger partial charge in [-0.3, -0.25) is 10.1 Å². The fourth-order valence-electron chi connectivity index (χ4n) is 3.01. The van der Waals surface area contributed by atoms with Crippen LogP contribution in [0.4, 0.5) is 11.4 Å². The van der Waals surface area contributed by atoms with Gasteiger partial charge >= 0.3 is 0 Å². The summed E-state index contributed by atoms with van der Waals surface area (Å²) in [6, 6.07) is 2.54. The number of hydrogen-bond acceptors (Lipinski definition) is 4. The SMILES string of the molecule is CC1CCCC(CO)(Nc2c(Cl)cc([N+](=O)[O-])cc2Cl)C1. The van der Waals surface area contributed by atoms with E-state index in [0.717, 1.165) is 25.7 Å². The van der Waals surface area contributed by atoms with Crippen LogP contribution in [0.2, 0.25) is 10.0 Å². The van der Waals surface area contributed by atoms with Gasteiger partial charge in [0.2, 0.25) is 0 Å². The Balaban J connectivity index is 2.31. The minimum absolute atomic E-state index is 0.0268. The van der Waals surface area contributed by atoms with Crippen molar-refractivity contribution in [3.8, 4) is 0 Å². The van der Waals surface area contributed by atoms with Crippen LogP contribution >= 0.6 is 23.2 Å². The molecule has 1 aliphatic carbocycles. The van der Waals surface area contributed by atoms with E-state index in [1.165, 1.54) is 12.1 Å². The first kappa shape index (κ1) is 16.3. The van der Waals surface area contributed by atoms with Crippen molar-refractivity contribution in [2.45, 2.75) is 38.1 Å². The fraction of sp³-hybridized carbons (Fsp3) is 0.571. The Bertz CT molecular complexity index is 530. The molecule has 0 heterocycles. The Morgan fingerprint density at radius 2 is 2.10 bits per heavy atom. The number of nitrogens with zero attached hydrogens (tertiary/aromatic N) is 1. The molecule has 0 aromatic heterocycles. The van der Waals surface area contributed by atoms with Gasteiger partial charge in [0.25, 0.3) is 5.69 Å². The second-order valence-electron chi connectivity index (χ2n) is 5.81. The van der Waals surface area contributed by atoms with Gasteiger partial charge in [0, 0.05) is 12.1 Å². The molecule has 1 saturated carbocycles. The Hall–Kier alpha value is -1.04. The van der Waals surface area contributed by atoms with Gasteiger partial charge in [0.05, 0.1) is 32.8 Å². The average Bonchev–Trinajstić information content (AvgIpc) is 2.42. The molecule has 0 saturated heterocycles. The standard InChI is InChI=1S/C14H18Cl2N2O3/c1-9-3-2-4-14(7-9,8-19)17-13-11(15)5-10(18(20)21)6-12(13)16/h5-6,9,17,19H,2-4,7-8H2,1H3. The summed E-state index contributed by atoms with van der Waals surface area (Å²) in [5.74, 6) is 0.494. The maximum Gasteiger partial charge on any atom is 0.272 e. The van der Waals surface area contributed by atoms with E-state index in [9.17, 15) is 15.2 Å². The second kappa shape index (κ2) is 6.38. The zero-order valence-corrected chi connectivity index (χ0v) is 13.2. The van der Waals surface area contributed by atoms with Crippen molar-refractivity contribution in [2.24, 2.45) is 5.92 Å².